The molecule has 0 spiro atoms. The molecule has 0 aromatic carbocycles. The lowest BCUT2D eigenvalue weighted by molar-refractivity contribution is -0.119. The summed E-state index contributed by atoms with van der Waals surface area (Å²) >= 11 is 3.35. The third-order valence-corrected chi connectivity index (χ3v) is 2.83. The Hall–Kier alpha value is -0.640. The van der Waals surface area contributed by atoms with E-state index in [0.717, 1.165) is 22.7 Å². The van der Waals surface area contributed by atoms with E-state index in [0.29, 0.717) is 18.6 Å². The molecule has 2 heterocycles. The number of hydrogen-bond acceptors (Lipinski definition) is 2. The van der Waals surface area contributed by atoms with Gasteiger partial charge in [-0.3, -0.25) is 4.79 Å². The van der Waals surface area contributed by atoms with E-state index in [4.69, 9.17) is 0 Å². The van der Waals surface area contributed by atoms with Crippen LogP contribution in [0.5, 0.6) is 0 Å². The Balaban J connectivity index is 2.51. The molecule has 0 unspecified atom stereocenters. The number of imidazole rings is 1. The average molecular weight is 229 g/mol. The van der Waals surface area contributed by atoms with Crippen LogP contribution in [0.15, 0.2) is 4.60 Å². The lowest BCUT2D eigenvalue weighted by atomic mass is 10.1. The van der Waals surface area contributed by atoms with Crippen LogP contribution >= 0.6 is 15.9 Å². The molecule has 0 amide bonds. The molecular formula is C8H9BrN2O. The van der Waals surface area contributed by atoms with Crippen molar-refractivity contribution in [1.82, 2.24) is 9.55 Å². The number of ketones is 1. The molecule has 0 fully saturated rings. The Morgan fingerprint density at radius 3 is 3.08 bits per heavy atom. The average Bonchev–Trinajstić information content (AvgIpc) is 2.28. The molecule has 0 aliphatic carbocycles. The molecule has 0 radical (unpaired) electrons. The third kappa shape index (κ3) is 1.10. The van der Waals surface area contributed by atoms with Gasteiger partial charge in [0.25, 0.3) is 0 Å². The summed E-state index contributed by atoms with van der Waals surface area (Å²) in [5, 5.41) is 0. The molecule has 0 saturated carbocycles. The zero-order valence-corrected chi connectivity index (χ0v) is 8.39. The zero-order valence-electron chi connectivity index (χ0n) is 6.80. The minimum absolute atomic E-state index is 0.308. The third-order valence-electron chi connectivity index (χ3n) is 2.19. The molecule has 1 aliphatic rings. The molecule has 0 saturated heterocycles. The molecule has 1 aromatic heterocycles. The van der Waals surface area contributed by atoms with E-state index in [1.165, 1.54) is 0 Å². The summed E-state index contributed by atoms with van der Waals surface area (Å²) in [6.45, 7) is 2.75. The van der Waals surface area contributed by atoms with E-state index < -0.39 is 0 Å². The van der Waals surface area contributed by atoms with Crippen molar-refractivity contribution in [3.63, 3.8) is 0 Å². The van der Waals surface area contributed by atoms with Crippen molar-refractivity contribution in [1.29, 1.82) is 0 Å². The van der Waals surface area contributed by atoms with Crippen LogP contribution in [0.4, 0.5) is 0 Å². The van der Waals surface area contributed by atoms with E-state index in [2.05, 4.69) is 25.5 Å². The predicted octanol–water partition coefficient (Wildman–Crippen LogP) is 1.47. The topological polar surface area (TPSA) is 34.9 Å². The molecule has 1 aromatic rings. The second-order valence-electron chi connectivity index (χ2n) is 3.01. The van der Waals surface area contributed by atoms with Crippen LogP contribution in [0, 0.1) is 6.92 Å². The molecule has 1 aliphatic heterocycles. The van der Waals surface area contributed by atoms with Gasteiger partial charge in [0.15, 0.2) is 0 Å². The fourth-order valence-corrected chi connectivity index (χ4v) is 2.16. The Kier molecular flexibility index (Phi) is 1.79. The van der Waals surface area contributed by atoms with Crippen LogP contribution in [0.2, 0.25) is 0 Å². The van der Waals surface area contributed by atoms with Gasteiger partial charge in [0.05, 0.1) is 5.69 Å². The molecule has 12 heavy (non-hydrogen) atoms. The lowest BCUT2D eigenvalue weighted by Crippen LogP contribution is -2.19. The summed E-state index contributed by atoms with van der Waals surface area (Å²) in [5.41, 5.74) is 1.03. The van der Waals surface area contributed by atoms with E-state index in [9.17, 15) is 4.79 Å². The first-order valence-electron chi connectivity index (χ1n) is 3.91. The van der Waals surface area contributed by atoms with Gasteiger partial charge in [0, 0.05) is 19.4 Å². The van der Waals surface area contributed by atoms with Gasteiger partial charge in [-0.05, 0) is 22.9 Å². The highest BCUT2D eigenvalue weighted by Gasteiger charge is 2.20. The van der Waals surface area contributed by atoms with Crippen molar-refractivity contribution < 1.29 is 4.79 Å². The number of aromatic nitrogens is 2. The normalized spacial score (nSPS) is 16.3. The lowest BCUT2D eigenvalue weighted by Gasteiger charge is -2.14. The van der Waals surface area contributed by atoms with Gasteiger partial charge in [-0.25, -0.2) is 4.98 Å². The number of hydrogen-bond donors (Lipinski definition) is 0. The second-order valence-corrected chi connectivity index (χ2v) is 3.76. The van der Waals surface area contributed by atoms with Crippen LogP contribution in [-0.4, -0.2) is 15.3 Å². The summed E-state index contributed by atoms with van der Waals surface area (Å²) in [5.74, 6) is 1.30. The van der Waals surface area contributed by atoms with Gasteiger partial charge in [-0.15, -0.1) is 0 Å². The first-order valence-corrected chi connectivity index (χ1v) is 4.71. The highest BCUT2D eigenvalue weighted by atomic mass is 79.9. The summed E-state index contributed by atoms with van der Waals surface area (Å²) in [7, 11) is 0. The summed E-state index contributed by atoms with van der Waals surface area (Å²) in [6, 6.07) is 0. The maximum Gasteiger partial charge on any atom is 0.140 e. The van der Waals surface area contributed by atoms with E-state index in [1.807, 2.05) is 6.92 Å². The summed E-state index contributed by atoms with van der Waals surface area (Å²) in [6.07, 6.45) is 1.18. The van der Waals surface area contributed by atoms with Gasteiger partial charge in [-0.1, -0.05) is 0 Å². The van der Waals surface area contributed by atoms with Crippen molar-refractivity contribution in [2.75, 3.05) is 0 Å². The van der Waals surface area contributed by atoms with Crippen LogP contribution in [0.1, 0.15) is 17.9 Å². The maximum absolute atomic E-state index is 11.1. The summed E-state index contributed by atoms with van der Waals surface area (Å²) in [4.78, 5) is 15.4. The van der Waals surface area contributed by atoms with Crippen LogP contribution in [0.25, 0.3) is 0 Å². The number of Topliss-reactive ketones (excluding diaryl/α,β-unsaturated/α-hetero) is 1. The molecule has 0 N–H and O–H groups in total. The van der Waals surface area contributed by atoms with Crippen molar-refractivity contribution >= 4 is 21.7 Å². The van der Waals surface area contributed by atoms with E-state index in [-0.39, 0.29) is 0 Å². The smallest absolute Gasteiger partial charge is 0.140 e. The molecular weight excluding hydrogens is 220 g/mol. The number of aryl methyl sites for hydroxylation is 1. The van der Waals surface area contributed by atoms with Crippen molar-refractivity contribution in [3.05, 3.63) is 16.1 Å². The van der Waals surface area contributed by atoms with Crippen LogP contribution < -0.4 is 0 Å². The minimum atomic E-state index is 0.308. The quantitative estimate of drug-likeness (QED) is 0.675. The monoisotopic (exact) mass is 228 g/mol. The molecule has 4 heteroatoms. The minimum Gasteiger partial charge on any atom is -0.330 e. The van der Waals surface area contributed by atoms with Gasteiger partial charge in [0.2, 0.25) is 0 Å². The SMILES string of the molecule is Cc1nc(Br)c2n1CCC(=O)C2. The molecule has 3 nitrogen and oxygen atoms in total. The van der Waals surface area contributed by atoms with Gasteiger partial charge < -0.3 is 4.57 Å². The number of carbonyl (C=O) groups is 1. The fourth-order valence-electron chi connectivity index (χ4n) is 1.55. The van der Waals surface area contributed by atoms with Crippen molar-refractivity contribution in [2.45, 2.75) is 26.3 Å². The summed E-state index contributed by atoms with van der Waals surface area (Å²) < 4.78 is 2.93. The number of nitrogens with zero attached hydrogens (tertiary/aromatic N) is 2. The van der Waals surface area contributed by atoms with Crippen molar-refractivity contribution in [3.8, 4) is 0 Å². The van der Waals surface area contributed by atoms with Gasteiger partial charge in [0.1, 0.15) is 16.2 Å². The van der Waals surface area contributed by atoms with E-state index in [1.54, 1.807) is 0 Å². The van der Waals surface area contributed by atoms with Crippen molar-refractivity contribution in [2.24, 2.45) is 0 Å². The number of fused-ring (bicyclic) bond motifs is 1. The highest BCUT2D eigenvalue weighted by molar-refractivity contribution is 9.10. The standard InChI is InChI=1S/C8H9BrN2O/c1-5-10-8(9)7-4-6(12)2-3-11(5)7/h2-4H2,1H3. The first-order chi connectivity index (χ1) is 5.68. The van der Waals surface area contributed by atoms with Crippen LogP contribution in [-0.2, 0) is 17.8 Å². The zero-order chi connectivity index (χ0) is 8.72. The maximum atomic E-state index is 11.1. The molecule has 0 atom stereocenters. The Morgan fingerprint density at radius 2 is 2.33 bits per heavy atom. The molecule has 2 rings (SSSR count). The highest BCUT2D eigenvalue weighted by Crippen LogP contribution is 2.22. The number of rotatable bonds is 0. The first kappa shape index (κ1) is 7.98. The van der Waals surface area contributed by atoms with E-state index >= 15 is 0 Å². The second kappa shape index (κ2) is 2.69. The largest absolute Gasteiger partial charge is 0.330 e. The number of carbonyl (C=O) groups excluding carboxylic acids is 1. The fraction of sp³-hybridized carbons (Fsp3) is 0.500. The Morgan fingerprint density at radius 1 is 1.58 bits per heavy atom. The number of halogens is 1. The predicted molar refractivity (Wildman–Crippen MR) is 48.0 cm³/mol. The van der Waals surface area contributed by atoms with Crippen LogP contribution in [0.3, 0.4) is 0 Å². The Bertz CT molecular complexity index is 343. The molecule has 64 valence electrons. The molecule has 0 bridgehead atoms. The van der Waals surface area contributed by atoms with Gasteiger partial charge in [-0.2, -0.15) is 0 Å². The van der Waals surface area contributed by atoms with Gasteiger partial charge >= 0.3 is 0 Å². The Labute approximate surface area is 78.9 Å².